The van der Waals surface area contributed by atoms with Crippen LogP contribution in [0.25, 0.3) is 0 Å². The number of ether oxygens (including phenoxy) is 1. The summed E-state index contributed by atoms with van der Waals surface area (Å²) in [5, 5.41) is 6.92. The van der Waals surface area contributed by atoms with Gasteiger partial charge < -0.3 is 15.4 Å². The molecule has 0 aliphatic carbocycles. The normalized spacial score (nSPS) is 9.93. The number of benzene rings is 1. The van der Waals surface area contributed by atoms with Crippen LogP contribution in [0.3, 0.4) is 0 Å². The first kappa shape index (κ1) is 11.1. The van der Waals surface area contributed by atoms with E-state index >= 15 is 0 Å². The van der Waals surface area contributed by atoms with Crippen molar-refractivity contribution in [3.05, 3.63) is 23.2 Å². The Labute approximate surface area is 89.4 Å². The second-order valence-electron chi connectivity index (χ2n) is 2.88. The molecule has 14 heavy (non-hydrogen) atoms. The lowest BCUT2D eigenvalue weighted by Gasteiger charge is -2.08. The van der Waals surface area contributed by atoms with E-state index in [2.05, 4.69) is 10.6 Å². The number of hydrogen-bond donors (Lipinski definition) is 2. The fourth-order valence-electron chi connectivity index (χ4n) is 1.11. The zero-order valence-electron chi connectivity index (χ0n) is 8.43. The Bertz CT molecular complexity index is 291. The highest BCUT2D eigenvalue weighted by Gasteiger charge is 2.00. The molecule has 0 bridgehead atoms. The Hall–Kier alpha value is -0.930. The highest BCUT2D eigenvalue weighted by molar-refractivity contribution is 6.32. The molecule has 0 aliphatic rings. The maximum Gasteiger partial charge on any atom is 0.137 e. The molecule has 4 heteroatoms. The van der Waals surface area contributed by atoms with Gasteiger partial charge in [0.05, 0.1) is 12.1 Å². The van der Waals surface area contributed by atoms with Gasteiger partial charge in [-0.3, -0.25) is 0 Å². The molecule has 0 saturated heterocycles. The fraction of sp³-hybridized carbons (Fsp3) is 0.400. The van der Waals surface area contributed by atoms with E-state index in [1.54, 1.807) is 7.11 Å². The Morgan fingerprint density at radius 1 is 1.36 bits per heavy atom. The van der Waals surface area contributed by atoms with Crippen LogP contribution in [-0.2, 0) is 0 Å². The van der Waals surface area contributed by atoms with E-state index in [1.165, 1.54) is 0 Å². The van der Waals surface area contributed by atoms with Crippen molar-refractivity contribution in [1.82, 2.24) is 5.32 Å². The summed E-state index contributed by atoms with van der Waals surface area (Å²) in [6.45, 7) is 1.79. The summed E-state index contributed by atoms with van der Waals surface area (Å²) in [5.74, 6) is 0.700. The summed E-state index contributed by atoms with van der Waals surface area (Å²) in [5.41, 5.74) is 1.01. The number of likely N-dealkylation sites (N-methyl/N-ethyl adjacent to an activating group) is 1. The fourth-order valence-corrected chi connectivity index (χ4v) is 1.37. The van der Waals surface area contributed by atoms with E-state index in [9.17, 15) is 0 Å². The highest BCUT2D eigenvalue weighted by atomic mass is 35.5. The molecule has 0 aliphatic heterocycles. The summed E-state index contributed by atoms with van der Waals surface area (Å²) in [4.78, 5) is 0. The molecule has 0 amide bonds. The van der Waals surface area contributed by atoms with Gasteiger partial charge in [-0.05, 0) is 25.2 Å². The van der Waals surface area contributed by atoms with Gasteiger partial charge >= 0.3 is 0 Å². The van der Waals surface area contributed by atoms with Gasteiger partial charge in [0.25, 0.3) is 0 Å². The molecule has 0 fully saturated rings. The van der Waals surface area contributed by atoms with Gasteiger partial charge in [0, 0.05) is 18.8 Å². The van der Waals surface area contributed by atoms with Crippen LogP contribution in [0.15, 0.2) is 18.2 Å². The Morgan fingerprint density at radius 2 is 2.14 bits per heavy atom. The number of nitrogens with one attached hydrogen (secondary N) is 2. The lowest BCUT2D eigenvalue weighted by molar-refractivity contribution is 0.415. The summed E-state index contributed by atoms with van der Waals surface area (Å²) in [7, 11) is 3.53. The van der Waals surface area contributed by atoms with Gasteiger partial charge in [0.1, 0.15) is 5.75 Å². The number of rotatable bonds is 5. The van der Waals surface area contributed by atoms with Crippen molar-refractivity contribution in [3.63, 3.8) is 0 Å². The van der Waals surface area contributed by atoms with Crippen molar-refractivity contribution in [3.8, 4) is 5.75 Å². The maximum atomic E-state index is 5.96. The summed E-state index contributed by atoms with van der Waals surface area (Å²) in [6, 6.07) is 5.65. The molecule has 1 aromatic rings. The molecule has 0 radical (unpaired) electrons. The first-order chi connectivity index (χ1) is 6.77. The second kappa shape index (κ2) is 5.73. The molecule has 78 valence electrons. The van der Waals surface area contributed by atoms with Crippen LogP contribution in [0.4, 0.5) is 5.69 Å². The van der Waals surface area contributed by atoms with Gasteiger partial charge in [-0.25, -0.2) is 0 Å². The van der Waals surface area contributed by atoms with Gasteiger partial charge in [-0.2, -0.15) is 0 Å². The topological polar surface area (TPSA) is 33.3 Å². The zero-order valence-corrected chi connectivity index (χ0v) is 9.19. The van der Waals surface area contributed by atoms with Crippen LogP contribution in [0.2, 0.25) is 5.02 Å². The molecule has 2 N–H and O–H groups in total. The van der Waals surface area contributed by atoms with Gasteiger partial charge in [0.15, 0.2) is 0 Å². The maximum absolute atomic E-state index is 5.96. The van der Waals surface area contributed by atoms with Gasteiger partial charge in [-0.1, -0.05) is 11.6 Å². The average Bonchev–Trinajstić information content (AvgIpc) is 2.18. The summed E-state index contributed by atoms with van der Waals surface area (Å²) in [6.07, 6.45) is 0. The molecule has 0 atom stereocenters. The van der Waals surface area contributed by atoms with E-state index in [4.69, 9.17) is 16.3 Å². The molecular weight excluding hydrogens is 200 g/mol. The molecule has 0 spiro atoms. The third-order valence-corrected chi connectivity index (χ3v) is 2.15. The predicted molar refractivity (Wildman–Crippen MR) is 60.4 cm³/mol. The van der Waals surface area contributed by atoms with Gasteiger partial charge in [-0.15, -0.1) is 0 Å². The number of anilines is 1. The largest absolute Gasteiger partial charge is 0.495 e. The van der Waals surface area contributed by atoms with Crippen molar-refractivity contribution in [2.45, 2.75) is 0 Å². The zero-order chi connectivity index (χ0) is 10.4. The first-order valence-electron chi connectivity index (χ1n) is 4.50. The minimum absolute atomic E-state index is 0.627. The number of methoxy groups -OCH3 is 1. The van der Waals surface area contributed by atoms with E-state index in [1.807, 2.05) is 25.2 Å². The van der Waals surface area contributed by atoms with Crippen LogP contribution in [-0.4, -0.2) is 27.2 Å². The molecule has 1 rings (SSSR count). The van der Waals surface area contributed by atoms with E-state index in [-0.39, 0.29) is 0 Å². The van der Waals surface area contributed by atoms with Crippen LogP contribution < -0.4 is 15.4 Å². The smallest absolute Gasteiger partial charge is 0.137 e. The predicted octanol–water partition coefficient (Wildman–Crippen LogP) is 1.98. The van der Waals surface area contributed by atoms with Crippen molar-refractivity contribution in [2.24, 2.45) is 0 Å². The van der Waals surface area contributed by atoms with Crippen molar-refractivity contribution < 1.29 is 4.74 Å². The van der Waals surface area contributed by atoms with Crippen molar-refractivity contribution >= 4 is 17.3 Å². The Morgan fingerprint density at radius 3 is 2.71 bits per heavy atom. The minimum Gasteiger partial charge on any atom is -0.495 e. The number of halogens is 1. The monoisotopic (exact) mass is 214 g/mol. The molecule has 0 heterocycles. The third kappa shape index (κ3) is 3.09. The molecule has 1 aromatic carbocycles. The Kier molecular flexibility index (Phi) is 4.56. The summed E-state index contributed by atoms with van der Waals surface area (Å²) >= 11 is 5.96. The number of hydrogen-bond acceptors (Lipinski definition) is 3. The minimum atomic E-state index is 0.627. The van der Waals surface area contributed by atoms with E-state index in [0.29, 0.717) is 10.8 Å². The van der Waals surface area contributed by atoms with Crippen LogP contribution in [0, 0.1) is 0 Å². The summed E-state index contributed by atoms with van der Waals surface area (Å²) < 4.78 is 5.05. The Balaban J connectivity index is 2.57. The SMILES string of the molecule is CNCCNc1ccc(OC)c(Cl)c1. The molecule has 0 unspecified atom stereocenters. The standard InChI is InChI=1S/C10H15ClN2O/c1-12-5-6-13-8-3-4-10(14-2)9(11)7-8/h3-4,7,12-13H,5-6H2,1-2H3. The lowest BCUT2D eigenvalue weighted by Crippen LogP contribution is -2.17. The molecule has 3 nitrogen and oxygen atoms in total. The third-order valence-electron chi connectivity index (χ3n) is 1.86. The quantitative estimate of drug-likeness (QED) is 0.736. The second-order valence-corrected chi connectivity index (χ2v) is 3.29. The first-order valence-corrected chi connectivity index (χ1v) is 4.87. The van der Waals surface area contributed by atoms with Crippen LogP contribution in [0.1, 0.15) is 0 Å². The van der Waals surface area contributed by atoms with E-state index in [0.717, 1.165) is 18.8 Å². The lowest BCUT2D eigenvalue weighted by atomic mass is 10.3. The molecule has 0 aromatic heterocycles. The highest BCUT2D eigenvalue weighted by Crippen LogP contribution is 2.26. The molecular formula is C10H15ClN2O. The van der Waals surface area contributed by atoms with Crippen molar-refractivity contribution in [1.29, 1.82) is 0 Å². The average molecular weight is 215 g/mol. The van der Waals surface area contributed by atoms with Crippen LogP contribution >= 0.6 is 11.6 Å². The van der Waals surface area contributed by atoms with Crippen molar-refractivity contribution in [2.75, 3.05) is 32.6 Å². The van der Waals surface area contributed by atoms with E-state index < -0.39 is 0 Å². The molecule has 0 saturated carbocycles. The van der Waals surface area contributed by atoms with Gasteiger partial charge in [0.2, 0.25) is 0 Å². The van der Waals surface area contributed by atoms with Crippen LogP contribution in [0.5, 0.6) is 5.75 Å².